The summed E-state index contributed by atoms with van der Waals surface area (Å²) in [4.78, 5) is 14.3. The largest absolute Gasteiger partial charge is 0.462 e. The van der Waals surface area contributed by atoms with Gasteiger partial charge in [0.2, 0.25) is 0 Å². The molecule has 5 heteroatoms. The average Bonchev–Trinajstić information content (AvgIpc) is 2.81. The topological polar surface area (TPSA) is 43.7 Å². The van der Waals surface area contributed by atoms with E-state index < -0.39 is 0 Å². The molecule has 0 aliphatic carbocycles. The van der Waals surface area contributed by atoms with E-state index in [1.807, 2.05) is 30.9 Å². The highest BCUT2D eigenvalue weighted by molar-refractivity contribution is 5.91. The minimum atomic E-state index is -0.213. The molecule has 1 aliphatic rings. The lowest BCUT2D eigenvalue weighted by atomic mass is 10.1. The van der Waals surface area contributed by atoms with E-state index in [2.05, 4.69) is 4.90 Å². The molecule has 1 aromatic heterocycles. The molecule has 0 radical (unpaired) electrons. The van der Waals surface area contributed by atoms with Crippen LogP contribution in [-0.4, -0.2) is 54.9 Å². The highest BCUT2D eigenvalue weighted by Gasteiger charge is 2.15. The van der Waals surface area contributed by atoms with Crippen LogP contribution in [0.3, 0.4) is 0 Å². The maximum absolute atomic E-state index is 11.9. The Morgan fingerprint density at radius 3 is 2.80 bits per heavy atom. The molecule has 1 saturated heterocycles. The van der Waals surface area contributed by atoms with Crippen LogP contribution in [0.5, 0.6) is 0 Å². The Morgan fingerprint density at radius 1 is 1.35 bits per heavy atom. The van der Waals surface area contributed by atoms with E-state index in [1.54, 1.807) is 0 Å². The summed E-state index contributed by atoms with van der Waals surface area (Å²) in [5, 5.41) is 0. The van der Waals surface area contributed by atoms with Gasteiger partial charge in [0.05, 0.1) is 25.4 Å². The first kappa shape index (κ1) is 15.1. The molecule has 1 aliphatic heterocycles. The Balaban J connectivity index is 1.86. The standard InChI is InChI=1S/C15H24N2O3/c1-3-20-15(18)14-12-16(2)11-13(14)5-4-6-17-7-9-19-10-8-17/h11-12H,3-10H2,1-2H3. The van der Waals surface area contributed by atoms with Gasteiger partial charge in [0.25, 0.3) is 0 Å². The number of nitrogens with zero attached hydrogens (tertiary/aromatic N) is 2. The minimum Gasteiger partial charge on any atom is -0.462 e. The number of ether oxygens (including phenoxy) is 2. The van der Waals surface area contributed by atoms with Gasteiger partial charge in [-0.05, 0) is 31.9 Å². The lowest BCUT2D eigenvalue weighted by Gasteiger charge is -2.26. The van der Waals surface area contributed by atoms with Crippen LogP contribution in [0, 0.1) is 0 Å². The Kier molecular flexibility index (Phi) is 5.61. The van der Waals surface area contributed by atoms with Crippen molar-refractivity contribution in [3.63, 3.8) is 0 Å². The molecule has 1 fully saturated rings. The van der Waals surface area contributed by atoms with Gasteiger partial charge in [0.1, 0.15) is 0 Å². The van der Waals surface area contributed by atoms with Crippen molar-refractivity contribution in [3.8, 4) is 0 Å². The molecule has 0 saturated carbocycles. The third-order valence-corrected chi connectivity index (χ3v) is 3.56. The lowest BCUT2D eigenvalue weighted by molar-refractivity contribution is 0.0374. The third kappa shape index (κ3) is 4.08. The lowest BCUT2D eigenvalue weighted by Crippen LogP contribution is -2.36. The summed E-state index contributed by atoms with van der Waals surface area (Å²) < 4.78 is 12.4. The summed E-state index contributed by atoms with van der Waals surface area (Å²) in [5.74, 6) is -0.213. The number of rotatable bonds is 6. The highest BCUT2D eigenvalue weighted by atomic mass is 16.5. The van der Waals surface area contributed by atoms with E-state index in [4.69, 9.17) is 9.47 Å². The van der Waals surface area contributed by atoms with Crippen LogP contribution in [0.25, 0.3) is 0 Å². The molecule has 1 aromatic rings. The number of morpholine rings is 1. The number of esters is 1. The van der Waals surface area contributed by atoms with Crippen molar-refractivity contribution in [1.29, 1.82) is 0 Å². The van der Waals surface area contributed by atoms with E-state index in [1.165, 1.54) is 0 Å². The summed E-state index contributed by atoms with van der Waals surface area (Å²) in [6, 6.07) is 0. The molecule has 0 bridgehead atoms. The van der Waals surface area contributed by atoms with Gasteiger partial charge < -0.3 is 14.0 Å². The summed E-state index contributed by atoms with van der Waals surface area (Å²) >= 11 is 0. The highest BCUT2D eigenvalue weighted by Crippen LogP contribution is 2.14. The Labute approximate surface area is 120 Å². The van der Waals surface area contributed by atoms with Crippen molar-refractivity contribution < 1.29 is 14.3 Å². The van der Waals surface area contributed by atoms with Crippen LogP contribution in [0.1, 0.15) is 29.3 Å². The van der Waals surface area contributed by atoms with Gasteiger partial charge in [0, 0.05) is 32.5 Å². The molecule has 0 aromatic carbocycles. The molecule has 0 amide bonds. The van der Waals surface area contributed by atoms with E-state index >= 15 is 0 Å². The van der Waals surface area contributed by atoms with Crippen LogP contribution in [-0.2, 0) is 22.9 Å². The van der Waals surface area contributed by atoms with Crippen LogP contribution in [0.4, 0.5) is 0 Å². The molecular weight excluding hydrogens is 256 g/mol. The third-order valence-electron chi connectivity index (χ3n) is 3.56. The van der Waals surface area contributed by atoms with Gasteiger partial charge in [-0.2, -0.15) is 0 Å². The number of hydrogen-bond acceptors (Lipinski definition) is 4. The number of carbonyl (C=O) groups excluding carboxylic acids is 1. The second kappa shape index (κ2) is 7.45. The van der Waals surface area contributed by atoms with Crippen molar-refractivity contribution in [3.05, 3.63) is 23.5 Å². The van der Waals surface area contributed by atoms with Crippen LogP contribution in [0.15, 0.2) is 12.4 Å². The van der Waals surface area contributed by atoms with Crippen molar-refractivity contribution in [2.75, 3.05) is 39.5 Å². The number of hydrogen-bond donors (Lipinski definition) is 0. The minimum absolute atomic E-state index is 0.213. The fourth-order valence-electron chi connectivity index (χ4n) is 2.55. The number of aromatic nitrogens is 1. The predicted molar refractivity (Wildman–Crippen MR) is 76.9 cm³/mol. The van der Waals surface area contributed by atoms with Gasteiger partial charge in [-0.1, -0.05) is 0 Å². The molecule has 0 spiro atoms. The molecular formula is C15H24N2O3. The normalized spacial score (nSPS) is 16.3. The molecule has 0 N–H and O–H groups in total. The van der Waals surface area contributed by atoms with Crippen LogP contribution in [0.2, 0.25) is 0 Å². The average molecular weight is 280 g/mol. The summed E-state index contributed by atoms with van der Waals surface area (Å²) in [5.41, 5.74) is 1.79. The van der Waals surface area contributed by atoms with Gasteiger partial charge >= 0.3 is 5.97 Å². The molecule has 5 nitrogen and oxygen atoms in total. The fourth-order valence-corrected chi connectivity index (χ4v) is 2.55. The van der Waals surface area contributed by atoms with E-state index in [9.17, 15) is 4.79 Å². The van der Waals surface area contributed by atoms with Crippen LogP contribution < -0.4 is 0 Å². The first-order chi connectivity index (χ1) is 9.70. The molecule has 0 unspecified atom stereocenters. The quantitative estimate of drug-likeness (QED) is 0.740. The Morgan fingerprint density at radius 2 is 2.10 bits per heavy atom. The second-order valence-electron chi connectivity index (χ2n) is 5.14. The van der Waals surface area contributed by atoms with E-state index in [0.717, 1.165) is 51.3 Å². The smallest absolute Gasteiger partial charge is 0.339 e. The fraction of sp³-hybridized carbons (Fsp3) is 0.667. The zero-order chi connectivity index (χ0) is 14.4. The summed E-state index contributed by atoms with van der Waals surface area (Å²) in [6.45, 7) is 7.00. The summed E-state index contributed by atoms with van der Waals surface area (Å²) in [7, 11) is 1.94. The monoisotopic (exact) mass is 280 g/mol. The van der Waals surface area contributed by atoms with Gasteiger partial charge in [-0.3, -0.25) is 4.90 Å². The van der Waals surface area contributed by atoms with Crippen molar-refractivity contribution >= 4 is 5.97 Å². The Bertz CT molecular complexity index is 436. The SMILES string of the molecule is CCOC(=O)c1cn(C)cc1CCCN1CCOCC1. The van der Waals surface area contributed by atoms with Gasteiger partial charge in [-0.25, -0.2) is 4.79 Å². The first-order valence-electron chi connectivity index (χ1n) is 7.32. The van der Waals surface area contributed by atoms with Crippen molar-refractivity contribution in [1.82, 2.24) is 9.47 Å². The van der Waals surface area contributed by atoms with E-state index in [0.29, 0.717) is 12.2 Å². The molecule has 112 valence electrons. The van der Waals surface area contributed by atoms with Gasteiger partial charge in [0.15, 0.2) is 0 Å². The summed E-state index contributed by atoms with van der Waals surface area (Å²) in [6.07, 6.45) is 5.83. The maximum Gasteiger partial charge on any atom is 0.339 e. The molecule has 20 heavy (non-hydrogen) atoms. The zero-order valence-corrected chi connectivity index (χ0v) is 12.4. The molecule has 0 atom stereocenters. The van der Waals surface area contributed by atoms with Crippen molar-refractivity contribution in [2.24, 2.45) is 7.05 Å². The van der Waals surface area contributed by atoms with Crippen LogP contribution >= 0.6 is 0 Å². The van der Waals surface area contributed by atoms with Crippen molar-refractivity contribution in [2.45, 2.75) is 19.8 Å². The van der Waals surface area contributed by atoms with Gasteiger partial charge in [-0.15, -0.1) is 0 Å². The number of aryl methyl sites for hydroxylation is 2. The second-order valence-corrected chi connectivity index (χ2v) is 5.14. The predicted octanol–water partition coefficient (Wildman–Crippen LogP) is 1.47. The number of carbonyl (C=O) groups is 1. The molecule has 2 rings (SSSR count). The first-order valence-corrected chi connectivity index (χ1v) is 7.32. The zero-order valence-electron chi connectivity index (χ0n) is 12.4. The molecule has 2 heterocycles. The Hall–Kier alpha value is -1.33. The maximum atomic E-state index is 11.9. The van der Waals surface area contributed by atoms with E-state index in [-0.39, 0.29) is 5.97 Å².